The molecule has 3 heterocycles. The second-order valence-corrected chi connectivity index (χ2v) is 8.76. The number of nitrogens with one attached hydrogen (secondary N) is 1. The van der Waals surface area contributed by atoms with E-state index in [2.05, 4.69) is 31.2 Å². The zero-order valence-corrected chi connectivity index (χ0v) is 20.3. The highest BCUT2D eigenvalue weighted by Gasteiger charge is 2.35. The Bertz CT molecular complexity index is 735. The van der Waals surface area contributed by atoms with E-state index in [1.54, 1.807) is 0 Å². The first-order valence-corrected chi connectivity index (χ1v) is 11.1. The van der Waals surface area contributed by atoms with Crippen molar-refractivity contribution >= 4 is 41.7 Å². The number of nitrogens with two attached hydrogens (primary N) is 1. The molecule has 0 spiro atoms. The van der Waals surface area contributed by atoms with Gasteiger partial charge in [0.25, 0.3) is 0 Å². The molecular weight excluding hydrogens is 491 g/mol. The molecule has 0 bridgehead atoms. The maximum atomic E-state index is 11.5. The van der Waals surface area contributed by atoms with Crippen molar-refractivity contribution < 1.29 is 4.79 Å². The molecule has 30 heavy (non-hydrogen) atoms. The van der Waals surface area contributed by atoms with Crippen LogP contribution in [-0.2, 0) is 11.3 Å². The number of likely N-dealkylation sites (tertiary alicyclic amines) is 1. The Balaban J connectivity index is 0.00000256. The average molecular weight is 526 g/mol. The molecule has 1 amide bonds. The van der Waals surface area contributed by atoms with Gasteiger partial charge in [-0.3, -0.25) is 9.79 Å². The summed E-state index contributed by atoms with van der Waals surface area (Å²) in [6.07, 6.45) is 8.95. The third-order valence-corrected chi connectivity index (χ3v) is 6.99. The van der Waals surface area contributed by atoms with Crippen LogP contribution < -0.4 is 16.0 Å². The molecule has 0 radical (unpaired) electrons. The molecule has 8 heteroatoms. The Morgan fingerprint density at radius 1 is 1.20 bits per heavy atom. The molecule has 1 aliphatic carbocycles. The lowest BCUT2D eigenvalue weighted by atomic mass is 9.82. The van der Waals surface area contributed by atoms with E-state index >= 15 is 0 Å². The Morgan fingerprint density at radius 3 is 2.47 bits per heavy atom. The zero-order valence-electron chi connectivity index (χ0n) is 17.9. The molecule has 2 atom stereocenters. The molecule has 7 nitrogen and oxygen atoms in total. The second kappa shape index (κ2) is 10.6. The third-order valence-electron chi connectivity index (χ3n) is 6.99. The molecule has 3 aliphatic rings. The number of guanidine groups is 1. The predicted molar refractivity (Wildman–Crippen MR) is 131 cm³/mol. The van der Waals surface area contributed by atoms with E-state index < -0.39 is 0 Å². The lowest BCUT2D eigenvalue weighted by molar-refractivity contribution is -0.122. The molecule has 2 aliphatic heterocycles. The normalized spacial score (nSPS) is 24.9. The molecule has 166 valence electrons. The Kier molecular flexibility index (Phi) is 8.19. The summed E-state index contributed by atoms with van der Waals surface area (Å²) in [5, 5.41) is 3.58. The standard InChI is InChI=1S/C22H34N6O.HI/c1-24-22(28-14-18-5-2-3-6-19(18)15-28)26-13-17-7-4-10-25-21(17)27-11-8-16(9-12-27)20(23)29;/h4,7,10,16,18-19H,2-3,5-6,8-9,11-15H2,1H3,(H2,23,29)(H,24,26);1H. The van der Waals surface area contributed by atoms with Gasteiger partial charge in [0.1, 0.15) is 5.82 Å². The van der Waals surface area contributed by atoms with E-state index in [-0.39, 0.29) is 35.8 Å². The maximum Gasteiger partial charge on any atom is 0.220 e. The smallest absolute Gasteiger partial charge is 0.220 e. The zero-order chi connectivity index (χ0) is 20.2. The minimum absolute atomic E-state index is 0. The van der Waals surface area contributed by atoms with Gasteiger partial charge in [0, 0.05) is 57.4 Å². The van der Waals surface area contributed by atoms with E-state index in [0.717, 1.165) is 62.6 Å². The number of hydrogen-bond donors (Lipinski definition) is 2. The predicted octanol–water partition coefficient (Wildman–Crippen LogP) is 2.60. The molecule has 0 aromatic carbocycles. The lowest BCUT2D eigenvalue weighted by Gasteiger charge is -2.32. The number of hydrogen-bond acceptors (Lipinski definition) is 4. The number of piperidine rings is 1. The topological polar surface area (TPSA) is 86.9 Å². The van der Waals surface area contributed by atoms with Crippen molar-refractivity contribution in [3.05, 3.63) is 23.9 Å². The number of anilines is 1. The highest BCUT2D eigenvalue weighted by molar-refractivity contribution is 14.0. The highest BCUT2D eigenvalue weighted by Crippen LogP contribution is 2.36. The molecule has 2 unspecified atom stereocenters. The van der Waals surface area contributed by atoms with Crippen molar-refractivity contribution in [2.24, 2.45) is 28.5 Å². The van der Waals surface area contributed by atoms with Gasteiger partial charge in [0.15, 0.2) is 5.96 Å². The highest BCUT2D eigenvalue weighted by atomic mass is 127. The number of pyridine rings is 1. The van der Waals surface area contributed by atoms with Crippen LogP contribution in [-0.4, -0.2) is 55.0 Å². The number of carbonyl (C=O) groups is 1. The molecule has 1 saturated carbocycles. The summed E-state index contributed by atoms with van der Waals surface area (Å²) in [5.41, 5.74) is 6.65. The molecular formula is C22H35IN6O. The molecule has 1 aromatic heterocycles. The monoisotopic (exact) mass is 526 g/mol. The van der Waals surface area contributed by atoms with E-state index in [0.29, 0.717) is 6.54 Å². The molecule has 2 saturated heterocycles. The van der Waals surface area contributed by atoms with Gasteiger partial charge in [0.2, 0.25) is 5.91 Å². The SMILES string of the molecule is CN=C(NCc1cccnc1N1CCC(C(N)=O)CC1)N1CC2CCCCC2C1.I. The van der Waals surface area contributed by atoms with Crippen LogP contribution in [0.5, 0.6) is 0 Å². The van der Waals surface area contributed by atoms with Crippen molar-refractivity contribution in [3.8, 4) is 0 Å². The van der Waals surface area contributed by atoms with Crippen molar-refractivity contribution in [2.75, 3.05) is 38.1 Å². The van der Waals surface area contributed by atoms with Crippen molar-refractivity contribution in [1.29, 1.82) is 0 Å². The quantitative estimate of drug-likeness (QED) is 0.358. The number of rotatable bonds is 4. The molecule has 3 fully saturated rings. The van der Waals surface area contributed by atoms with Crippen LogP contribution in [0.2, 0.25) is 0 Å². The van der Waals surface area contributed by atoms with Gasteiger partial charge < -0.3 is 20.9 Å². The summed E-state index contributed by atoms with van der Waals surface area (Å²) in [7, 11) is 1.88. The number of carbonyl (C=O) groups excluding carboxylic acids is 1. The molecule has 3 N–H and O–H groups in total. The Hall–Kier alpha value is -1.58. The Morgan fingerprint density at radius 2 is 1.87 bits per heavy atom. The van der Waals surface area contributed by atoms with Crippen LogP contribution in [0.3, 0.4) is 0 Å². The number of amides is 1. The fourth-order valence-electron chi connectivity index (χ4n) is 5.31. The summed E-state index contributed by atoms with van der Waals surface area (Å²) in [6.45, 7) is 4.61. The van der Waals surface area contributed by atoms with E-state index in [4.69, 9.17) is 5.73 Å². The van der Waals surface area contributed by atoms with Gasteiger partial charge in [-0.15, -0.1) is 24.0 Å². The maximum absolute atomic E-state index is 11.5. The number of halogens is 1. The largest absolute Gasteiger partial charge is 0.369 e. The second-order valence-electron chi connectivity index (χ2n) is 8.76. The van der Waals surface area contributed by atoms with Crippen LogP contribution in [0.4, 0.5) is 5.82 Å². The van der Waals surface area contributed by atoms with Crippen molar-refractivity contribution in [1.82, 2.24) is 15.2 Å². The first-order valence-electron chi connectivity index (χ1n) is 11.1. The van der Waals surface area contributed by atoms with Gasteiger partial charge in [0.05, 0.1) is 0 Å². The fourth-order valence-corrected chi connectivity index (χ4v) is 5.31. The third kappa shape index (κ3) is 5.18. The van der Waals surface area contributed by atoms with Crippen LogP contribution in [0, 0.1) is 17.8 Å². The number of aliphatic imine (C=N–C) groups is 1. The van der Waals surface area contributed by atoms with Crippen LogP contribution in [0.1, 0.15) is 44.1 Å². The van der Waals surface area contributed by atoms with Crippen LogP contribution in [0.15, 0.2) is 23.3 Å². The summed E-state index contributed by atoms with van der Waals surface area (Å²) < 4.78 is 0. The van der Waals surface area contributed by atoms with Gasteiger partial charge >= 0.3 is 0 Å². The van der Waals surface area contributed by atoms with E-state index in [1.165, 1.54) is 31.2 Å². The summed E-state index contributed by atoms with van der Waals surface area (Å²) in [6, 6.07) is 4.12. The first kappa shape index (κ1) is 23.1. The number of aromatic nitrogens is 1. The number of nitrogens with zero attached hydrogens (tertiary/aromatic N) is 4. The lowest BCUT2D eigenvalue weighted by Crippen LogP contribution is -2.41. The molecule has 1 aromatic rings. The van der Waals surface area contributed by atoms with Gasteiger partial charge in [-0.05, 0) is 43.6 Å². The summed E-state index contributed by atoms with van der Waals surface area (Å²) >= 11 is 0. The minimum atomic E-state index is -0.178. The van der Waals surface area contributed by atoms with E-state index in [9.17, 15) is 4.79 Å². The fraction of sp³-hybridized carbons (Fsp3) is 0.682. The van der Waals surface area contributed by atoms with E-state index in [1.807, 2.05) is 19.3 Å². The average Bonchev–Trinajstić information content (AvgIpc) is 3.18. The minimum Gasteiger partial charge on any atom is -0.369 e. The summed E-state index contributed by atoms with van der Waals surface area (Å²) in [5.74, 6) is 3.50. The molecule has 4 rings (SSSR count). The number of primary amides is 1. The Labute approximate surface area is 196 Å². The van der Waals surface area contributed by atoms with Gasteiger partial charge in [-0.2, -0.15) is 0 Å². The first-order chi connectivity index (χ1) is 14.2. The van der Waals surface area contributed by atoms with Crippen LogP contribution in [0.25, 0.3) is 0 Å². The van der Waals surface area contributed by atoms with Gasteiger partial charge in [-0.25, -0.2) is 4.98 Å². The van der Waals surface area contributed by atoms with Crippen molar-refractivity contribution in [2.45, 2.75) is 45.1 Å². The van der Waals surface area contributed by atoms with Crippen LogP contribution >= 0.6 is 24.0 Å². The van der Waals surface area contributed by atoms with Crippen molar-refractivity contribution in [3.63, 3.8) is 0 Å². The number of fused-ring (bicyclic) bond motifs is 1. The van der Waals surface area contributed by atoms with Gasteiger partial charge in [-0.1, -0.05) is 18.9 Å². The summed E-state index contributed by atoms with van der Waals surface area (Å²) in [4.78, 5) is 25.4.